The first-order chi connectivity index (χ1) is 17.5. The van der Waals surface area contributed by atoms with Crippen LogP contribution in [0.15, 0.2) is 77.3 Å². The fraction of sp³-hybridized carbons (Fsp3) is 0.231. The summed E-state index contributed by atoms with van der Waals surface area (Å²) in [5.74, 6) is -0.934. The lowest BCUT2D eigenvalue weighted by molar-refractivity contribution is -0.139. The Bertz CT molecular complexity index is 1360. The van der Waals surface area contributed by atoms with E-state index < -0.39 is 28.5 Å². The summed E-state index contributed by atoms with van der Waals surface area (Å²) in [6.07, 6.45) is 1.26. The van der Waals surface area contributed by atoms with E-state index in [-0.39, 0.29) is 18.9 Å². The van der Waals surface area contributed by atoms with Crippen LogP contribution in [0.3, 0.4) is 0 Å². The Labute approximate surface area is 235 Å². The Morgan fingerprint density at radius 1 is 0.946 bits per heavy atom. The molecule has 0 aliphatic heterocycles. The van der Waals surface area contributed by atoms with E-state index in [1.807, 2.05) is 30.3 Å². The van der Waals surface area contributed by atoms with Crippen LogP contribution in [-0.2, 0) is 32.6 Å². The summed E-state index contributed by atoms with van der Waals surface area (Å²) >= 11 is 15.6. The fourth-order valence-electron chi connectivity index (χ4n) is 3.78. The molecule has 3 aromatic carbocycles. The van der Waals surface area contributed by atoms with Crippen molar-refractivity contribution in [3.05, 3.63) is 98.4 Å². The zero-order chi connectivity index (χ0) is 27.2. The molecule has 0 unspecified atom stereocenters. The number of carbonyl (C=O) groups is 2. The molecule has 0 aromatic heterocycles. The first kappa shape index (κ1) is 29.0. The second kappa shape index (κ2) is 12.8. The average molecular weight is 627 g/mol. The Morgan fingerprint density at radius 2 is 1.59 bits per heavy atom. The Kier molecular flexibility index (Phi) is 10.0. The smallest absolute Gasteiger partial charge is 0.244 e. The number of hydrogen-bond donors (Lipinski definition) is 1. The number of halogens is 3. The molecule has 0 aliphatic rings. The average Bonchev–Trinajstić information content (AvgIpc) is 2.86. The number of benzene rings is 3. The third-order valence-corrected chi connectivity index (χ3v) is 8.06. The second-order valence-corrected chi connectivity index (χ2v) is 12.0. The molecular formula is C26H26BrCl2N3O4S. The van der Waals surface area contributed by atoms with Gasteiger partial charge in [0.05, 0.1) is 22.0 Å². The zero-order valence-electron chi connectivity index (χ0n) is 20.2. The van der Waals surface area contributed by atoms with E-state index in [0.29, 0.717) is 21.3 Å². The van der Waals surface area contributed by atoms with Crippen LogP contribution in [0.25, 0.3) is 0 Å². The lowest BCUT2D eigenvalue weighted by atomic mass is 10.0. The molecule has 1 atom stereocenters. The molecule has 11 heteroatoms. The van der Waals surface area contributed by atoms with Crippen molar-refractivity contribution in [2.75, 3.05) is 24.2 Å². The molecule has 0 saturated heterocycles. The van der Waals surface area contributed by atoms with Crippen LogP contribution in [0, 0.1) is 0 Å². The van der Waals surface area contributed by atoms with E-state index >= 15 is 0 Å². The standard InChI is InChI=1S/C26H26BrCl2N3O4S/c1-30-26(34)24(15-18-6-4-3-5-7-18)31(16-19-8-13-22(28)23(29)14-19)25(33)17-32(37(2,35)36)21-11-9-20(27)10-12-21/h3-14,24H,15-17H2,1-2H3,(H,30,34)/t24-/m0/s1. The summed E-state index contributed by atoms with van der Waals surface area (Å²) in [5, 5.41) is 3.29. The number of likely N-dealkylation sites (N-methyl/N-ethyl adjacent to an activating group) is 1. The van der Waals surface area contributed by atoms with Gasteiger partial charge in [0.1, 0.15) is 12.6 Å². The molecule has 2 amide bonds. The highest BCUT2D eigenvalue weighted by molar-refractivity contribution is 9.10. The SMILES string of the molecule is CNC(=O)[C@H](Cc1ccccc1)N(Cc1ccc(Cl)c(Cl)c1)C(=O)CN(c1ccc(Br)cc1)S(C)(=O)=O. The quantitative estimate of drug-likeness (QED) is 0.347. The molecule has 1 N–H and O–H groups in total. The molecule has 0 heterocycles. The first-order valence-corrected chi connectivity index (χ1v) is 14.6. The molecule has 0 bridgehead atoms. The van der Waals surface area contributed by atoms with Gasteiger partial charge >= 0.3 is 0 Å². The number of amides is 2. The normalized spacial score (nSPS) is 12.0. The summed E-state index contributed by atoms with van der Waals surface area (Å²) in [5.41, 5.74) is 1.81. The van der Waals surface area contributed by atoms with Crippen molar-refractivity contribution in [1.29, 1.82) is 0 Å². The van der Waals surface area contributed by atoms with Crippen molar-refractivity contribution >= 4 is 66.7 Å². The highest BCUT2D eigenvalue weighted by atomic mass is 79.9. The number of carbonyl (C=O) groups excluding carboxylic acids is 2. The number of nitrogens with one attached hydrogen (secondary N) is 1. The third-order valence-electron chi connectivity index (χ3n) is 5.65. The molecule has 0 aliphatic carbocycles. The maximum Gasteiger partial charge on any atom is 0.244 e. The molecule has 3 aromatic rings. The lowest BCUT2D eigenvalue weighted by Gasteiger charge is -2.33. The van der Waals surface area contributed by atoms with Crippen LogP contribution in [0.1, 0.15) is 11.1 Å². The molecule has 0 radical (unpaired) electrons. The van der Waals surface area contributed by atoms with Gasteiger partial charge in [0, 0.05) is 24.5 Å². The van der Waals surface area contributed by atoms with Gasteiger partial charge in [-0.05, 0) is 47.5 Å². The maximum absolute atomic E-state index is 13.8. The van der Waals surface area contributed by atoms with Crippen LogP contribution >= 0.6 is 39.1 Å². The minimum atomic E-state index is -3.82. The minimum Gasteiger partial charge on any atom is -0.357 e. The molecule has 0 fully saturated rings. The van der Waals surface area contributed by atoms with Gasteiger partial charge in [-0.2, -0.15) is 0 Å². The first-order valence-electron chi connectivity index (χ1n) is 11.2. The van der Waals surface area contributed by atoms with Crippen molar-refractivity contribution in [2.24, 2.45) is 0 Å². The van der Waals surface area contributed by atoms with Gasteiger partial charge < -0.3 is 10.2 Å². The van der Waals surface area contributed by atoms with Crippen molar-refractivity contribution in [2.45, 2.75) is 19.0 Å². The van der Waals surface area contributed by atoms with Gasteiger partial charge in [0.15, 0.2) is 0 Å². The van der Waals surface area contributed by atoms with Gasteiger partial charge in [-0.3, -0.25) is 13.9 Å². The van der Waals surface area contributed by atoms with Crippen molar-refractivity contribution < 1.29 is 18.0 Å². The topological polar surface area (TPSA) is 86.8 Å². The predicted molar refractivity (Wildman–Crippen MR) is 151 cm³/mol. The van der Waals surface area contributed by atoms with Crippen molar-refractivity contribution in [1.82, 2.24) is 10.2 Å². The van der Waals surface area contributed by atoms with E-state index in [4.69, 9.17) is 23.2 Å². The summed E-state index contributed by atoms with van der Waals surface area (Å²) in [6, 6.07) is 19.9. The van der Waals surface area contributed by atoms with E-state index in [0.717, 1.165) is 20.6 Å². The van der Waals surface area contributed by atoms with Gasteiger partial charge in [-0.1, -0.05) is 75.5 Å². The summed E-state index contributed by atoms with van der Waals surface area (Å²) in [4.78, 5) is 28.3. The molecule has 196 valence electrons. The predicted octanol–water partition coefficient (Wildman–Crippen LogP) is 4.91. The molecule has 0 spiro atoms. The zero-order valence-corrected chi connectivity index (χ0v) is 24.1. The summed E-state index contributed by atoms with van der Waals surface area (Å²) in [7, 11) is -2.33. The Morgan fingerprint density at radius 3 is 2.16 bits per heavy atom. The van der Waals surface area contributed by atoms with Crippen LogP contribution in [0.2, 0.25) is 10.0 Å². The van der Waals surface area contributed by atoms with E-state index in [2.05, 4.69) is 21.2 Å². The number of hydrogen-bond acceptors (Lipinski definition) is 4. The summed E-state index contributed by atoms with van der Waals surface area (Å²) < 4.78 is 27.2. The summed E-state index contributed by atoms with van der Waals surface area (Å²) in [6.45, 7) is -0.483. The minimum absolute atomic E-state index is 0.0125. The maximum atomic E-state index is 13.8. The highest BCUT2D eigenvalue weighted by Gasteiger charge is 2.32. The van der Waals surface area contributed by atoms with Gasteiger partial charge in [0.2, 0.25) is 21.8 Å². The highest BCUT2D eigenvalue weighted by Crippen LogP contribution is 2.25. The largest absolute Gasteiger partial charge is 0.357 e. The van der Waals surface area contributed by atoms with E-state index in [9.17, 15) is 18.0 Å². The van der Waals surface area contributed by atoms with Gasteiger partial charge in [0.25, 0.3) is 0 Å². The number of anilines is 1. The monoisotopic (exact) mass is 625 g/mol. The van der Waals surface area contributed by atoms with Gasteiger partial charge in [-0.25, -0.2) is 8.42 Å². The van der Waals surface area contributed by atoms with Crippen molar-refractivity contribution in [3.63, 3.8) is 0 Å². The van der Waals surface area contributed by atoms with E-state index in [1.54, 1.807) is 42.5 Å². The molecule has 7 nitrogen and oxygen atoms in total. The molecule has 37 heavy (non-hydrogen) atoms. The Balaban J connectivity index is 2.03. The molecular weight excluding hydrogens is 601 g/mol. The van der Waals surface area contributed by atoms with Crippen LogP contribution in [0.4, 0.5) is 5.69 Å². The molecule has 3 rings (SSSR count). The second-order valence-electron chi connectivity index (χ2n) is 8.34. The van der Waals surface area contributed by atoms with Crippen molar-refractivity contribution in [3.8, 4) is 0 Å². The van der Waals surface area contributed by atoms with E-state index in [1.165, 1.54) is 11.9 Å². The molecule has 0 saturated carbocycles. The van der Waals surface area contributed by atoms with Crippen LogP contribution in [0.5, 0.6) is 0 Å². The number of rotatable bonds is 10. The number of sulfonamides is 1. The number of nitrogens with zero attached hydrogens (tertiary/aromatic N) is 2. The van der Waals surface area contributed by atoms with Crippen LogP contribution in [-0.4, -0.2) is 51.0 Å². The lowest BCUT2D eigenvalue weighted by Crippen LogP contribution is -2.52. The van der Waals surface area contributed by atoms with Gasteiger partial charge in [-0.15, -0.1) is 0 Å². The third kappa shape index (κ3) is 7.95. The Hall–Kier alpha value is -2.59. The fourth-order valence-corrected chi connectivity index (χ4v) is 5.21. The van der Waals surface area contributed by atoms with Crippen LogP contribution < -0.4 is 9.62 Å².